The van der Waals surface area contributed by atoms with E-state index in [1.54, 1.807) is 35.2 Å². The summed E-state index contributed by atoms with van der Waals surface area (Å²) in [7, 11) is -3.39. The van der Waals surface area contributed by atoms with Crippen LogP contribution in [-0.2, 0) is 9.84 Å². The molecule has 1 aromatic rings. The Morgan fingerprint density at radius 1 is 1.15 bits per heavy atom. The summed E-state index contributed by atoms with van der Waals surface area (Å²) in [5.41, 5.74) is 0. The van der Waals surface area contributed by atoms with Gasteiger partial charge in [-0.15, -0.1) is 0 Å². The fraction of sp³-hybridized carbons (Fsp3) is 0.632. The third-order valence-corrected chi connectivity index (χ3v) is 6.45. The van der Waals surface area contributed by atoms with Gasteiger partial charge in [0.05, 0.1) is 10.6 Å². The SMILES string of the molecule is CC(C)N(CCS(=O)(=O)c1ccccc1)C(=O)NCCN1CCCCC1. The van der Waals surface area contributed by atoms with E-state index in [0.29, 0.717) is 11.4 Å². The lowest BCUT2D eigenvalue weighted by Gasteiger charge is -2.29. The second kappa shape index (κ2) is 9.92. The molecule has 0 unspecified atom stereocenters. The molecular formula is C19H31N3O3S. The van der Waals surface area contributed by atoms with Crippen molar-refractivity contribution < 1.29 is 13.2 Å². The molecule has 7 heteroatoms. The number of nitrogens with zero attached hydrogens (tertiary/aromatic N) is 2. The predicted octanol–water partition coefficient (Wildman–Crippen LogP) is 2.37. The van der Waals surface area contributed by atoms with E-state index >= 15 is 0 Å². The number of hydrogen-bond acceptors (Lipinski definition) is 4. The molecule has 1 saturated heterocycles. The Balaban J connectivity index is 1.84. The maximum atomic E-state index is 12.5. The van der Waals surface area contributed by atoms with Crippen molar-refractivity contribution in [3.8, 4) is 0 Å². The summed E-state index contributed by atoms with van der Waals surface area (Å²) in [5, 5.41) is 2.94. The maximum Gasteiger partial charge on any atom is 0.317 e. The van der Waals surface area contributed by atoms with Gasteiger partial charge in [0, 0.05) is 25.7 Å². The number of nitrogens with one attached hydrogen (secondary N) is 1. The topological polar surface area (TPSA) is 69.7 Å². The van der Waals surface area contributed by atoms with Gasteiger partial charge in [-0.05, 0) is 51.9 Å². The van der Waals surface area contributed by atoms with E-state index in [9.17, 15) is 13.2 Å². The summed E-state index contributed by atoms with van der Waals surface area (Å²) < 4.78 is 24.9. The monoisotopic (exact) mass is 381 g/mol. The molecule has 2 amide bonds. The molecule has 0 spiro atoms. The highest BCUT2D eigenvalue weighted by Gasteiger charge is 2.21. The van der Waals surface area contributed by atoms with Gasteiger partial charge in [-0.25, -0.2) is 13.2 Å². The summed E-state index contributed by atoms with van der Waals surface area (Å²) in [4.78, 5) is 16.7. The number of amides is 2. The number of carbonyl (C=O) groups excluding carboxylic acids is 1. The number of urea groups is 1. The van der Waals surface area contributed by atoms with Gasteiger partial charge in [-0.2, -0.15) is 0 Å². The number of piperidine rings is 1. The van der Waals surface area contributed by atoms with Gasteiger partial charge in [0.15, 0.2) is 9.84 Å². The van der Waals surface area contributed by atoms with Gasteiger partial charge in [-0.3, -0.25) is 0 Å². The highest BCUT2D eigenvalue weighted by molar-refractivity contribution is 7.91. The molecule has 1 N–H and O–H groups in total. The van der Waals surface area contributed by atoms with Gasteiger partial charge in [0.1, 0.15) is 0 Å². The summed E-state index contributed by atoms with van der Waals surface area (Å²) in [5.74, 6) is -0.0747. The van der Waals surface area contributed by atoms with E-state index in [2.05, 4.69) is 10.2 Å². The molecule has 0 radical (unpaired) electrons. The van der Waals surface area contributed by atoms with Crippen molar-refractivity contribution in [3.05, 3.63) is 30.3 Å². The van der Waals surface area contributed by atoms with Crippen LogP contribution in [0, 0.1) is 0 Å². The number of carbonyl (C=O) groups is 1. The molecule has 1 aliphatic heterocycles. The molecule has 1 heterocycles. The Morgan fingerprint density at radius 2 is 1.81 bits per heavy atom. The van der Waals surface area contributed by atoms with E-state index in [0.717, 1.165) is 19.6 Å². The molecule has 146 valence electrons. The maximum absolute atomic E-state index is 12.5. The molecule has 1 fully saturated rings. The zero-order chi connectivity index (χ0) is 19.0. The molecule has 0 saturated carbocycles. The molecule has 1 aromatic carbocycles. The van der Waals surface area contributed by atoms with Crippen LogP contribution in [0.1, 0.15) is 33.1 Å². The van der Waals surface area contributed by atoms with Crippen molar-refractivity contribution in [2.24, 2.45) is 0 Å². The molecule has 0 bridgehead atoms. The minimum atomic E-state index is -3.39. The third-order valence-electron chi connectivity index (χ3n) is 4.74. The lowest BCUT2D eigenvalue weighted by molar-refractivity contribution is 0.182. The fourth-order valence-electron chi connectivity index (χ4n) is 3.16. The van der Waals surface area contributed by atoms with Crippen LogP contribution in [0.4, 0.5) is 4.79 Å². The van der Waals surface area contributed by atoms with Crippen LogP contribution in [-0.4, -0.2) is 68.8 Å². The standard InChI is InChI=1S/C19H31N3O3S/c1-17(2)22(15-16-26(24,25)18-9-5-3-6-10-18)19(23)20-11-14-21-12-7-4-8-13-21/h3,5-6,9-10,17H,4,7-8,11-16H2,1-2H3,(H,20,23). The van der Waals surface area contributed by atoms with Crippen LogP contribution in [0.25, 0.3) is 0 Å². The Bertz CT molecular complexity index is 656. The number of rotatable bonds is 8. The smallest absolute Gasteiger partial charge is 0.317 e. The number of hydrogen-bond donors (Lipinski definition) is 1. The van der Waals surface area contributed by atoms with Crippen LogP contribution >= 0.6 is 0 Å². The Labute approximate surface area is 157 Å². The minimum Gasteiger partial charge on any atom is -0.337 e. The zero-order valence-corrected chi connectivity index (χ0v) is 16.7. The van der Waals surface area contributed by atoms with Crippen molar-refractivity contribution in [1.29, 1.82) is 0 Å². The Morgan fingerprint density at radius 3 is 2.42 bits per heavy atom. The third kappa shape index (κ3) is 6.29. The van der Waals surface area contributed by atoms with Gasteiger partial charge in [-0.1, -0.05) is 24.6 Å². The molecule has 0 atom stereocenters. The van der Waals surface area contributed by atoms with E-state index in [4.69, 9.17) is 0 Å². The van der Waals surface area contributed by atoms with Gasteiger partial charge in [0.2, 0.25) is 0 Å². The molecule has 2 rings (SSSR count). The largest absolute Gasteiger partial charge is 0.337 e. The normalized spacial score (nSPS) is 15.8. The van der Waals surface area contributed by atoms with Gasteiger partial charge in [0.25, 0.3) is 0 Å². The first-order chi connectivity index (χ1) is 12.4. The quantitative estimate of drug-likeness (QED) is 0.750. The first-order valence-electron chi connectivity index (χ1n) is 9.45. The van der Waals surface area contributed by atoms with E-state index < -0.39 is 9.84 Å². The van der Waals surface area contributed by atoms with Crippen LogP contribution in [0.15, 0.2) is 35.2 Å². The van der Waals surface area contributed by atoms with Crippen molar-refractivity contribution >= 4 is 15.9 Å². The summed E-state index contributed by atoms with van der Waals surface area (Å²) in [6.07, 6.45) is 3.74. The lowest BCUT2D eigenvalue weighted by atomic mass is 10.1. The van der Waals surface area contributed by atoms with Crippen molar-refractivity contribution in [3.63, 3.8) is 0 Å². The van der Waals surface area contributed by atoms with Crippen LogP contribution in [0.5, 0.6) is 0 Å². The predicted molar refractivity (Wildman–Crippen MR) is 104 cm³/mol. The number of likely N-dealkylation sites (tertiary alicyclic amines) is 1. The highest BCUT2D eigenvalue weighted by atomic mass is 32.2. The average Bonchev–Trinajstić information content (AvgIpc) is 2.63. The average molecular weight is 382 g/mol. The summed E-state index contributed by atoms with van der Waals surface area (Å²) in [6, 6.07) is 8.13. The van der Waals surface area contributed by atoms with Crippen LogP contribution < -0.4 is 5.32 Å². The molecular weight excluding hydrogens is 350 g/mol. The Kier molecular flexibility index (Phi) is 7.90. The van der Waals surface area contributed by atoms with Crippen molar-refractivity contribution in [2.75, 3.05) is 38.5 Å². The van der Waals surface area contributed by atoms with Crippen LogP contribution in [0.2, 0.25) is 0 Å². The molecule has 1 aliphatic rings. The summed E-state index contributed by atoms with van der Waals surface area (Å²) >= 11 is 0. The van der Waals surface area contributed by atoms with Crippen LogP contribution in [0.3, 0.4) is 0 Å². The molecule has 6 nitrogen and oxygen atoms in total. The van der Waals surface area contributed by atoms with E-state index in [1.165, 1.54) is 19.3 Å². The zero-order valence-electron chi connectivity index (χ0n) is 15.9. The molecule has 26 heavy (non-hydrogen) atoms. The molecule has 0 aromatic heterocycles. The van der Waals surface area contributed by atoms with Gasteiger partial charge < -0.3 is 15.1 Å². The Hall–Kier alpha value is -1.60. The second-order valence-corrected chi connectivity index (χ2v) is 9.16. The number of sulfone groups is 1. The van der Waals surface area contributed by atoms with E-state index in [1.807, 2.05) is 13.8 Å². The molecule has 0 aliphatic carbocycles. The first kappa shape index (κ1) is 20.7. The minimum absolute atomic E-state index is 0.0593. The first-order valence-corrected chi connectivity index (χ1v) is 11.1. The number of benzene rings is 1. The van der Waals surface area contributed by atoms with Gasteiger partial charge >= 0.3 is 6.03 Å². The summed E-state index contributed by atoms with van der Waals surface area (Å²) in [6.45, 7) is 7.62. The second-order valence-electron chi connectivity index (χ2n) is 7.05. The fourth-order valence-corrected chi connectivity index (χ4v) is 4.41. The van der Waals surface area contributed by atoms with Crippen molar-refractivity contribution in [1.82, 2.24) is 15.1 Å². The lowest BCUT2D eigenvalue weighted by Crippen LogP contribution is -2.48. The highest BCUT2D eigenvalue weighted by Crippen LogP contribution is 2.11. The van der Waals surface area contributed by atoms with E-state index in [-0.39, 0.29) is 24.4 Å². The van der Waals surface area contributed by atoms with Crippen molar-refractivity contribution in [2.45, 2.75) is 44.0 Å².